The number of nitrogens with zero attached hydrogens (tertiary/aromatic N) is 1. The summed E-state index contributed by atoms with van der Waals surface area (Å²) in [5.74, 6) is 0. The average molecular weight is 415 g/mol. The second-order valence-electron chi connectivity index (χ2n) is 8.99. The summed E-state index contributed by atoms with van der Waals surface area (Å²) >= 11 is 0. The highest BCUT2D eigenvalue weighted by Gasteiger charge is 2.26. The van der Waals surface area contributed by atoms with Crippen LogP contribution in [0.4, 0.5) is 10.5 Å². The molecule has 1 amide bonds. The van der Waals surface area contributed by atoms with E-state index in [9.17, 15) is 4.79 Å². The Morgan fingerprint density at radius 3 is 1.84 bits per heavy atom. The largest absolute Gasteiger partial charge is 0.444 e. The molecule has 160 valence electrons. The molecule has 0 aliphatic heterocycles. The van der Waals surface area contributed by atoms with Gasteiger partial charge in [0.1, 0.15) is 5.60 Å². The number of nitrogens with one attached hydrogen (secondary N) is 1. The Balaban J connectivity index is 1.95. The molecule has 1 N–H and O–H groups in total. The quantitative estimate of drug-likeness (QED) is 0.477. The monoisotopic (exact) mass is 414 g/mol. The zero-order valence-corrected chi connectivity index (χ0v) is 18.8. The van der Waals surface area contributed by atoms with Crippen molar-refractivity contribution in [2.24, 2.45) is 4.99 Å². The van der Waals surface area contributed by atoms with Gasteiger partial charge in [-0.2, -0.15) is 0 Å². The van der Waals surface area contributed by atoms with Gasteiger partial charge in [-0.15, -0.1) is 0 Å². The molecule has 4 nitrogen and oxygen atoms in total. The summed E-state index contributed by atoms with van der Waals surface area (Å²) in [5.41, 5.74) is 3.59. The number of carbonyl (C=O) groups excluding carboxylic acids is 1. The topological polar surface area (TPSA) is 50.7 Å². The maximum atomic E-state index is 12.3. The Morgan fingerprint density at radius 2 is 1.32 bits per heavy atom. The second-order valence-corrected chi connectivity index (χ2v) is 8.99. The van der Waals surface area contributed by atoms with Crippen molar-refractivity contribution < 1.29 is 9.53 Å². The van der Waals surface area contributed by atoms with Crippen LogP contribution >= 0.6 is 0 Å². The lowest BCUT2D eigenvalue weighted by Crippen LogP contribution is -2.43. The van der Waals surface area contributed by atoms with Crippen molar-refractivity contribution in [3.05, 3.63) is 102 Å². The molecule has 3 rings (SSSR count). The van der Waals surface area contributed by atoms with Crippen molar-refractivity contribution in [3.8, 4) is 0 Å². The van der Waals surface area contributed by atoms with Crippen molar-refractivity contribution in [2.75, 3.05) is 0 Å². The number of benzene rings is 3. The van der Waals surface area contributed by atoms with E-state index < -0.39 is 17.2 Å². The zero-order valence-electron chi connectivity index (χ0n) is 18.8. The third kappa shape index (κ3) is 6.29. The molecule has 0 saturated carbocycles. The van der Waals surface area contributed by atoms with Gasteiger partial charge in [0.2, 0.25) is 0 Å². The first-order valence-corrected chi connectivity index (χ1v) is 10.5. The van der Waals surface area contributed by atoms with E-state index in [0.29, 0.717) is 0 Å². The summed E-state index contributed by atoms with van der Waals surface area (Å²) < 4.78 is 5.43. The summed E-state index contributed by atoms with van der Waals surface area (Å²) in [5, 5.41) is 2.96. The highest BCUT2D eigenvalue weighted by atomic mass is 16.6. The fraction of sp³-hybridized carbons (Fsp3) is 0.259. The van der Waals surface area contributed by atoms with Gasteiger partial charge in [0.05, 0.1) is 16.9 Å². The number of aliphatic imine (C=N–C) groups is 1. The summed E-state index contributed by atoms with van der Waals surface area (Å²) in [6.45, 7) is 9.46. The van der Waals surface area contributed by atoms with Crippen LogP contribution in [-0.4, -0.2) is 17.4 Å². The molecule has 0 bridgehead atoms. The fourth-order valence-electron chi connectivity index (χ4n) is 3.21. The Labute approximate surface area is 185 Å². The number of hydrogen-bond acceptors (Lipinski definition) is 3. The van der Waals surface area contributed by atoms with E-state index in [1.54, 1.807) is 0 Å². The molecule has 0 saturated heterocycles. The number of carbonyl (C=O) groups is 1. The van der Waals surface area contributed by atoms with Gasteiger partial charge in [0.25, 0.3) is 0 Å². The molecule has 0 atom stereocenters. The zero-order chi connectivity index (χ0) is 22.5. The first kappa shape index (κ1) is 22.3. The Morgan fingerprint density at radius 1 is 0.774 bits per heavy atom. The van der Waals surface area contributed by atoms with E-state index >= 15 is 0 Å². The lowest BCUT2D eigenvalue weighted by molar-refractivity contribution is 0.0470. The van der Waals surface area contributed by atoms with Crippen molar-refractivity contribution in [1.82, 2.24) is 5.32 Å². The van der Waals surface area contributed by atoms with Crippen molar-refractivity contribution in [1.29, 1.82) is 0 Å². The average Bonchev–Trinajstić information content (AvgIpc) is 2.72. The molecule has 0 spiro atoms. The second kappa shape index (κ2) is 9.17. The van der Waals surface area contributed by atoms with Gasteiger partial charge in [0.15, 0.2) is 0 Å². The van der Waals surface area contributed by atoms with Gasteiger partial charge in [-0.25, -0.2) is 9.79 Å². The molecule has 3 aromatic rings. The van der Waals surface area contributed by atoms with E-state index in [-0.39, 0.29) is 0 Å². The van der Waals surface area contributed by atoms with E-state index in [1.165, 1.54) is 0 Å². The standard InChI is InChI=1S/C27H30N2O2/c1-26(2,3)31-25(30)29-27(4,5)22-17-12-18-23(19-22)28-24(20-13-8-6-9-14-20)21-15-10-7-11-16-21/h6-19H,1-5H3,(H,29,30). The minimum atomic E-state index is -0.618. The lowest BCUT2D eigenvalue weighted by atomic mass is 9.94. The molecule has 31 heavy (non-hydrogen) atoms. The first-order chi connectivity index (χ1) is 14.6. The predicted molar refractivity (Wildman–Crippen MR) is 127 cm³/mol. The van der Waals surface area contributed by atoms with Crippen LogP contribution in [0.2, 0.25) is 0 Å². The molecule has 0 aromatic heterocycles. The minimum Gasteiger partial charge on any atom is -0.444 e. The number of amides is 1. The predicted octanol–water partition coefficient (Wildman–Crippen LogP) is 6.62. The first-order valence-electron chi connectivity index (χ1n) is 10.5. The SMILES string of the molecule is CC(C)(C)OC(=O)NC(C)(C)c1cccc(N=C(c2ccccc2)c2ccccc2)c1. The molecule has 0 radical (unpaired) electrons. The third-order valence-electron chi connectivity index (χ3n) is 4.72. The fourth-order valence-corrected chi connectivity index (χ4v) is 3.21. The number of hydrogen-bond donors (Lipinski definition) is 1. The molecule has 0 aliphatic carbocycles. The van der Waals surface area contributed by atoms with Crippen LogP contribution in [0.5, 0.6) is 0 Å². The van der Waals surface area contributed by atoms with Crippen molar-refractivity contribution in [3.63, 3.8) is 0 Å². The van der Waals surface area contributed by atoms with Gasteiger partial charge in [-0.05, 0) is 52.3 Å². The van der Waals surface area contributed by atoms with Crippen LogP contribution in [-0.2, 0) is 10.3 Å². The van der Waals surface area contributed by atoms with E-state index in [0.717, 1.165) is 28.1 Å². The highest BCUT2D eigenvalue weighted by molar-refractivity contribution is 6.13. The van der Waals surface area contributed by atoms with Crippen molar-refractivity contribution >= 4 is 17.5 Å². The van der Waals surface area contributed by atoms with Gasteiger partial charge in [-0.1, -0.05) is 72.8 Å². The van der Waals surface area contributed by atoms with Crippen LogP contribution < -0.4 is 5.32 Å². The van der Waals surface area contributed by atoms with E-state index in [1.807, 2.05) is 95.3 Å². The number of ether oxygens (including phenoxy) is 1. The van der Waals surface area contributed by atoms with Crippen molar-refractivity contribution in [2.45, 2.75) is 45.8 Å². The van der Waals surface area contributed by atoms with Gasteiger partial charge < -0.3 is 10.1 Å². The summed E-state index contributed by atoms with van der Waals surface area (Å²) in [6.07, 6.45) is -0.444. The van der Waals surface area contributed by atoms with Crippen LogP contribution in [0.1, 0.15) is 51.3 Å². The van der Waals surface area contributed by atoms with Crippen LogP contribution in [0.15, 0.2) is 89.9 Å². The van der Waals surface area contributed by atoms with E-state index in [4.69, 9.17) is 9.73 Å². The molecule has 0 unspecified atom stereocenters. The molecule has 0 fully saturated rings. The molecular weight excluding hydrogens is 384 g/mol. The lowest BCUT2D eigenvalue weighted by Gasteiger charge is -2.29. The van der Waals surface area contributed by atoms with Crippen LogP contribution in [0.25, 0.3) is 0 Å². The highest BCUT2D eigenvalue weighted by Crippen LogP contribution is 2.26. The Kier molecular flexibility index (Phi) is 6.59. The maximum Gasteiger partial charge on any atom is 0.408 e. The Hall–Kier alpha value is -3.40. The molecule has 0 aliphatic rings. The van der Waals surface area contributed by atoms with E-state index in [2.05, 4.69) is 29.6 Å². The molecular formula is C27H30N2O2. The van der Waals surface area contributed by atoms with Gasteiger partial charge in [0, 0.05) is 11.1 Å². The van der Waals surface area contributed by atoms with Gasteiger partial charge in [-0.3, -0.25) is 0 Å². The summed E-state index contributed by atoms with van der Waals surface area (Å²) in [6, 6.07) is 28.2. The maximum absolute atomic E-state index is 12.3. The molecule has 4 heteroatoms. The number of rotatable bonds is 5. The normalized spacial score (nSPS) is 11.5. The molecule has 0 heterocycles. The Bertz CT molecular complexity index is 1010. The third-order valence-corrected chi connectivity index (χ3v) is 4.72. The smallest absolute Gasteiger partial charge is 0.408 e. The van der Waals surface area contributed by atoms with Crippen LogP contribution in [0.3, 0.4) is 0 Å². The number of alkyl carbamates (subject to hydrolysis) is 1. The summed E-state index contributed by atoms with van der Waals surface area (Å²) in [7, 11) is 0. The molecule has 3 aromatic carbocycles. The van der Waals surface area contributed by atoms with Gasteiger partial charge >= 0.3 is 6.09 Å². The summed E-state index contributed by atoms with van der Waals surface area (Å²) in [4.78, 5) is 17.3. The minimum absolute atomic E-state index is 0.444. The van der Waals surface area contributed by atoms with Crippen LogP contribution in [0, 0.1) is 0 Å².